The molecule has 0 aromatic heterocycles. The van der Waals surface area contributed by atoms with Crippen molar-refractivity contribution in [1.29, 1.82) is 0 Å². The van der Waals surface area contributed by atoms with Crippen LogP contribution in [0.15, 0.2) is 24.3 Å². The molecule has 0 bridgehead atoms. The van der Waals surface area contributed by atoms with Crippen LogP contribution >= 0.6 is 24.2 Å². The van der Waals surface area contributed by atoms with Gasteiger partial charge in [-0.05, 0) is 12.5 Å². The molecule has 1 rings (SSSR count). The summed E-state index contributed by atoms with van der Waals surface area (Å²) in [6, 6.07) is 8.68. The summed E-state index contributed by atoms with van der Waals surface area (Å²) in [5.74, 6) is 1.18. The topological polar surface area (TPSA) is 12.0 Å². The van der Waals surface area contributed by atoms with Gasteiger partial charge in [-0.25, -0.2) is 0 Å². The van der Waals surface area contributed by atoms with Crippen LogP contribution in [0, 0.1) is 6.92 Å². The number of benzene rings is 1. The lowest BCUT2D eigenvalue weighted by atomic mass is 10.1. The summed E-state index contributed by atoms with van der Waals surface area (Å²) in [4.78, 5) is 0. The van der Waals surface area contributed by atoms with E-state index in [1.807, 2.05) is 11.8 Å². The van der Waals surface area contributed by atoms with Gasteiger partial charge >= 0.3 is 0 Å². The Hall–Kier alpha value is -0.180. The molecular weight excluding hydrogens is 250 g/mol. The number of rotatable bonds is 5. The fourth-order valence-corrected chi connectivity index (χ4v) is 2.34. The summed E-state index contributed by atoms with van der Waals surface area (Å²) >= 11 is 2.01. The van der Waals surface area contributed by atoms with Crippen LogP contribution in [0.3, 0.4) is 0 Å². The summed E-state index contributed by atoms with van der Waals surface area (Å²) in [7, 11) is 0. The lowest BCUT2D eigenvalue weighted by molar-refractivity contribution is 0.725. The van der Waals surface area contributed by atoms with Crippen molar-refractivity contribution in [1.82, 2.24) is 5.32 Å². The zero-order chi connectivity index (χ0) is 12.0. The van der Waals surface area contributed by atoms with E-state index in [0.29, 0.717) is 4.75 Å². The van der Waals surface area contributed by atoms with Gasteiger partial charge in [-0.2, -0.15) is 11.8 Å². The van der Waals surface area contributed by atoms with Gasteiger partial charge in [0.15, 0.2) is 0 Å². The molecule has 0 fully saturated rings. The minimum Gasteiger partial charge on any atom is -0.312 e. The second kappa shape index (κ2) is 8.02. The molecule has 0 radical (unpaired) electrons. The summed E-state index contributed by atoms with van der Waals surface area (Å²) in [5.41, 5.74) is 2.71. The Morgan fingerprint density at radius 2 is 1.94 bits per heavy atom. The van der Waals surface area contributed by atoms with Gasteiger partial charge in [0.1, 0.15) is 0 Å². The maximum atomic E-state index is 3.48. The minimum atomic E-state index is 0. The molecule has 1 aromatic rings. The van der Waals surface area contributed by atoms with Crippen LogP contribution < -0.4 is 5.32 Å². The van der Waals surface area contributed by atoms with E-state index in [1.54, 1.807) is 0 Å². The van der Waals surface area contributed by atoms with Crippen molar-refractivity contribution in [2.24, 2.45) is 0 Å². The first-order valence-electron chi connectivity index (χ1n) is 5.87. The van der Waals surface area contributed by atoms with Crippen molar-refractivity contribution in [3.63, 3.8) is 0 Å². The summed E-state index contributed by atoms with van der Waals surface area (Å²) < 4.78 is 0.380. The van der Waals surface area contributed by atoms with Crippen molar-refractivity contribution in [3.8, 4) is 0 Å². The average Bonchev–Trinajstić information content (AvgIpc) is 2.15. The standard InChI is InChI=1S/C14H23NS.ClH/c1-12-6-5-7-13(10-12)11-15-8-9-16-14(2,3)4;/h5-7,10,15H,8-9,11H2,1-4H3;1H. The lowest BCUT2D eigenvalue weighted by Crippen LogP contribution is -2.19. The maximum absolute atomic E-state index is 3.48. The van der Waals surface area contributed by atoms with Gasteiger partial charge in [0, 0.05) is 23.6 Å². The van der Waals surface area contributed by atoms with Crippen molar-refractivity contribution >= 4 is 24.2 Å². The van der Waals surface area contributed by atoms with E-state index < -0.39 is 0 Å². The molecule has 98 valence electrons. The first-order chi connectivity index (χ1) is 7.47. The van der Waals surface area contributed by atoms with Gasteiger partial charge in [-0.1, -0.05) is 50.6 Å². The SMILES string of the molecule is Cc1cccc(CNCCSC(C)(C)C)c1.Cl. The van der Waals surface area contributed by atoms with Gasteiger partial charge in [0.2, 0.25) is 0 Å². The molecule has 0 amide bonds. The lowest BCUT2D eigenvalue weighted by Gasteiger charge is -2.17. The first-order valence-corrected chi connectivity index (χ1v) is 6.86. The molecule has 0 unspecified atom stereocenters. The van der Waals surface area contributed by atoms with Crippen LogP contribution in [0.25, 0.3) is 0 Å². The smallest absolute Gasteiger partial charge is 0.0205 e. The van der Waals surface area contributed by atoms with Crippen LogP contribution in [0.4, 0.5) is 0 Å². The summed E-state index contributed by atoms with van der Waals surface area (Å²) in [6.45, 7) is 11.0. The maximum Gasteiger partial charge on any atom is 0.0205 e. The molecular formula is C14H24ClNS. The third-order valence-electron chi connectivity index (χ3n) is 2.23. The first kappa shape index (κ1) is 16.8. The minimum absolute atomic E-state index is 0. The molecule has 0 heterocycles. The van der Waals surface area contributed by atoms with Gasteiger partial charge in [-0.15, -0.1) is 12.4 Å². The zero-order valence-electron chi connectivity index (χ0n) is 11.2. The summed E-state index contributed by atoms with van der Waals surface area (Å²) in [5, 5.41) is 3.48. The third-order valence-corrected chi connectivity index (χ3v) is 3.50. The van der Waals surface area contributed by atoms with Gasteiger partial charge in [0.25, 0.3) is 0 Å². The molecule has 0 saturated carbocycles. The second-order valence-corrected chi connectivity index (χ2v) is 7.05. The fourth-order valence-electron chi connectivity index (χ4n) is 1.48. The number of nitrogens with one attached hydrogen (secondary N) is 1. The zero-order valence-corrected chi connectivity index (χ0v) is 12.9. The van der Waals surface area contributed by atoms with Crippen LogP contribution in [0.1, 0.15) is 31.9 Å². The van der Waals surface area contributed by atoms with E-state index >= 15 is 0 Å². The van der Waals surface area contributed by atoms with E-state index in [9.17, 15) is 0 Å². The predicted molar refractivity (Wildman–Crippen MR) is 82.3 cm³/mol. The Bertz CT molecular complexity index is 320. The molecule has 0 spiro atoms. The molecule has 17 heavy (non-hydrogen) atoms. The predicted octanol–water partition coefficient (Wildman–Crippen LogP) is 4.04. The van der Waals surface area contributed by atoms with Gasteiger partial charge in [-0.3, -0.25) is 0 Å². The van der Waals surface area contributed by atoms with Gasteiger partial charge < -0.3 is 5.32 Å². The highest BCUT2D eigenvalue weighted by molar-refractivity contribution is 8.00. The number of hydrogen-bond donors (Lipinski definition) is 1. The molecule has 1 nitrogen and oxygen atoms in total. The van der Waals surface area contributed by atoms with E-state index in [-0.39, 0.29) is 12.4 Å². The monoisotopic (exact) mass is 273 g/mol. The molecule has 3 heteroatoms. The Labute approximate surface area is 116 Å². The molecule has 0 aliphatic rings. The Kier molecular flexibility index (Phi) is 7.93. The molecule has 1 aromatic carbocycles. The van der Waals surface area contributed by atoms with E-state index in [4.69, 9.17) is 0 Å². The Morgan fingerprint density at radius 1 is 1.24 bits per heavy atom. The highest BCUT2D eigenvalue weighted by Crippen LogP contribution is 2.22. The second-order valence-electron chi connectivity index (χ2n) is 5.13. The quantitative estimate of drug-likeness (QED) is 0.813. The number of thioether (sulfide) groups is 1. The highest BCUT2D eigenvalue weighted by atomic mass is 35.5. The van der Waals surface area contributed by atoms with E-state index in [2.05, 4.69) is 57.3 Å². The Balaban J connectivity index is 0.00000256. The van der Waals surface area contributed by atoms with Gasteiger partial charge in [0.05, 0.1) is 0 Å². The van der Waals surface area contributed by atoms with Crippen LogP contribution in [-0.2, 0) is 6.54 Å². The van der Waals surface area contributed by atoms with Crippen molar-refractivity contribution < 1.29 is 0 Å². The number of halogens is 1. The van der Waals surface area contributed by atoms with E-state index in [0.717, 1.165) is 13.1 Å². The highest BCUT2D eigenvalue weighted by Gasteiger charge is 2.08. The fraction of sp³-hybridized carbons (Fsp3) is 0.571. The van der Waals surface area contributed by atoms with Crippen molar-refractivity contribution in [2.75, 3.05) is 12.3 Å². The molecule has 0 atom stereocenters. The van der Waals surface area contributed by atoms with Crippen LogP contribution in [0.5, 0.6) is 0 Å². The molecule has 0 aliphatic heterocycles. The van der Waals surface area contributed by atoms with Crippen molar-refractivity contribution in [2.45, 2.75) is 39.0 Å². The number of hydrogen-bond acceptors (Lipinski definition) is 2. The molecule has 0 saturated heterocycles. The average molecular weight is 274 g/mol. The normalized spacial score (nSPS) is 11.1. The largest absolute Gasteiger partial charge is 0.312 e. The van der Waals surface area contributed by atoms with E-state index in [1.165, 1.54) is 16.9 Å². The Morgan fingerprint density at radius 3 is 2.53 bits per heavy atom. The van der Waals surface area contributed by atoms with Crippen LogP contribution in [0.2, 0.25) is 0 Å². The van der Waals surface area contributed by atoms with Crippen molar-refractivity contribution in [3.05, 3.63) is 35.4 Å². The molecule has 1 N–H and O–H groups in total. The molecule has 0 aliphatic carbocycles. The summed E-state index contributed by atoms with van der Waals surface area (Å²) in [6.07, 6.45) is 0. The van der Waals surface area contributed by atoms with Crippen LogP contribution in [-0.4, -0.2) is 17.0 Å². The number of aryl methyl sites for hydroxylation is 1. The third kappa shape index (κ3) is 8.53.